The van der Waals surface area contributed by atoms with Gasteiger partial charge in [-0.2, -0.15) is 5.26 Å². The lowest BCUT2D eigenvalue weighted by molar-refractivity contribution is 0.0935. The van der Waals surface area contributed by atoms with Crippen LogP contribution in [0.4, 0.5) is 20.4 Å². The predicted octanol–water partition coefficient (Wildman–Crippen LogP) is 4.82. The third-order valence-corrected chi connectivity index (χ3v) is 6.75. The van der Waals surface area contributed by atoms with Crippen molar-refractivity contribution < 1.29 is 13.6 Å². The molecule has 3 heterocycles. The molecule has 0 aliphatic heterocycles. The lowest BCUT2D eigenvalue weighted by Crippen LogP contribution is -2.29. The number of nitrogen functional groups attached to an aromatic ring is 1. The van der Waals surface area contributed by atoms with Crippen molar-refractivity contribution in [3.63, 3.8) is 0 Å². The highest BCUT2D eigenvalue weighted by atomic mass is 19.2. The second-order valence-electron chi connectivity index (χ2n) is 9.53. The molecule has 0 bridgehead atoms. The van der Waals surface area contributed by atoms with Crippen molar-refractivity contribution >= 4 is 28.6 Å². The van der Waals surface area contributed by atoms with Crippen molar-refractivity contribution in [1.82, 2.24) is 29.8 Å². The van der Waals surface area contributed by atoms with E-state index in [9.17, 15) is 18.8 Å². The molecular weight excluding hydrogens is 528 g/mol. The predicted molar refractivity (Wildman–Crippen MR) is 149 cm³/mol. The number of aromatic nitrogens is 5. The average Bonchev–Trinajstić information content (AvgIpc) is 3.32. The zero-order valence-corrected chi connectivity index (χ0v) is 22.4. The molecule has 0 saturated carbocycles. The molecule has 2 aromatic carbocycles. The van der Waals surface area contributed by atoms with Crippen LogP contribution < -0.4 is 16.4 Å². The van der Waals surface area contributed by atoms with E-state index in [-0.39, 0.29) is 23.2 Å². The molecule has 4 N–H and O–H groups in total. The van der Waals surface area contributed by atoms with Crippen molar-refractivity contribution in [3.8, 4) is 17.2 Å². The maximum Gasteiger partial charge on any atom is 0.274 e. The Morgan fingerprint density at radius 2 is 1.76 bits per heavy atom. The second kappa shape index (κ2) is 11.0. The van der Waals surface area contributed by atoms with Gasteiger partial charge in [0.15, 0.2) is 28.8 Å². The summed E-state index contributed by atoms with van der Waals surface area (Å²) in [6, 6.07) is 12.1. The fourth-order valence-electron chi connectivity index (χ4n) is 4.53. The largest absolute Gasteiger partial charge is 0.383 e. The highest BCUT2D eigenvalue weighted by molar-refractivity contribution is 6.00. The molecule has 5 aromatic rings. The van der Waals surface area contributed by atoms with E-state index in [4.69, 9.17) is 5.73 Å². The molecule has 5 rings (SSSR count). The standard InChI is InChI=1S/C29H25F2N9O/c1-15(17-4-6-18(7-5-17)21-13-40(3)28-24(21)26(33)35-14-36-28)37-27-25(39-20(11-32)12-34-27)29(41)38-16(2)19-8-9-22(30)23(31)10-19/h4-10,12-16H,1-3H3,(H,34,37)(H,38,41)(H2,33,35,36). The number of amides is 1. The van der Waals surface area contributed by atoms with E-state index in [2.05, 4.69) is 30.6 Å². The van der Waals surface area contributed by atoms with E-state index < -0.39 is 23.6 Å². The lowest BCUT2D eigenvalue weighted by atomic mass is 10.0. The van der Waals surface area contributed by atoms with Gasteiger partial charge in [0.25, 0.3) is 5.91 Å². The zero-order valence-electron chi connectivity index (χ0n) is 22.4. The Balaban J connectivity index is 1.37. The summed E-state index contributed by atoms with van der Waals surface area (Å²) >= 11 is 0. The molecule has 0 aliphatic rings. The van der Waals surface area contributed by atoms with Gasteiger partial charge in [0.05, 0.1) is 23.7 Å². The van der Waals surface area contributed by atoms with Gasteiger partial charge < -0.3 is 20.9 Å². The first kappa shape index (κ1) is 27.1. The molecule has 0 saturated heterocycles. The van der Waals surface area contributed by atoms with Crippen molar-refractivity contribution in [2.45, 2.75) is 25.9 Å². The summed E-state index contributed by atoms with van der Waals surface area (Å²) in [5, 5.41) is 16.0. The number of carbonyl (C=O) groups is 1. The molecule has 0 radical (unpaired) electrons. The minimum atomic E-state index is -1.02. The Bertz CT molecular complexity index is 1810. The Kier molecular flexibility index (Phi) is 7.26. The zero-order chi connectivity index (χ0) is 29.3. The van der Waals surface area contributed by atoms with Crippen LogP contribution >= 0.6 is 0 Å². The van der Waals surface area contributed by atoms with E-state index >= 15 is 0 Å². The first-order chi connectivity index (χ1) is 19.7. The van der Waals surface area contributed by atoms with E-state index in [1.54, 1.807) is 6.92 Å². The monoisotopic (exact) mass is 553 g/mol. The van der Waals surface area contributed by atoms with Crippen LogP contribution in [-0.2, 0) is 7.05 Å². The number of benzene rings is 2. The van der Waals surface area contributed by atoms with Gasteiger partial charge in [0.1, 0.15) is 23.9 Å². The quantitative estimate of drug-likeness (QED) is 0.260. The lowest BCUT2D eigenvalue weighted by Gasteiger charge is -2.19. The number of aryl methyl sites for hydroxylation is 1. The number of hydrogen-bond donors (Lipinski definition) is 3. The fraction of sp³-hybridized carbons (Fsp3) is 0.172. The number of nitrogens with zero attached hydrogens (tertiary/aromatic N) is 6. The van der Waals surface area contributed by atoms with Crippen LogP contribution in [0.15, 0.2) is 61.2 Å². The van der Waals surface area contributed by atoms with Crippen molar-refractivity contribution in [1.29, 1.82) is 5.26 Å². The van der Waals surface area contributed by atoms with Crippen molar-refractivity contribution in [3.05, 3.63) is 95.3 Å². The van der Waals surface area contributed by atoms with E-state index in [1.165, 1.54) is 18.6 Å². The summed E-state index contributed by atoms with van der Waals surface area (Å²) in [6.45, 7) is 3.52. The summed E-state index contributed by atoms with van der Waals surface area (Å²) in [4.78, 5) is 30.0. The number of nitrogens with two attached hydrogens (primary N) is 1. The number of fused-ring (bicyclic) bond motifs is 1. The minimum absolute atomic E-state index is 0.0449. The van der Waals surface area contributed by atoms with E-state index in [0.29, 0.717) is 11.4 Å². The Labute approximate surface area is 233 Å². The average molecular weight is 554 g/mol. The van der Waals surface area contributed by atoms with Gasteiger partial charge in [-0.15, -0.1) is 0 Å². The fourth-order valence-corrected chi connectivity index (χ4v) is 4.53. The van der Waals surface area contributed by atoms with Crippen LogP contribution in [-0.4, -0.2) is 30.4 Å². The smallest absolute Gasteiger partial charge is 0.274 e. The molecule has 206 valence electrons. The summed E-state index contributed by atoms with van der Waals surface area (Å²) in [5.74, 6) is -2.08. The van der Waals surface area contributed by atoms with Crippen LogP contribution in [0.25, 0.3) is 22.2 Å². The normalized spacial score (nSPS) is 12.5. The minimum Gasteiger partial charge on any atom is -0.383 e. The summed E-state index contributed by atoms with van der Waals surface area (Å²) in [5.41, 5.74) is 9.81. The summed E-state index contributed by atoms with van der Waals surface area (Å²) < 4.78 is 28.9. The number of carbonyl (C=O) groups excluding carboxylic acids is 1. The molecular formula is C29H25F2N9O. The number of hydrogen-bond acceptors (Lipinski definition) is 8. The number of nitrogens with one attached hydrogen (secondary N) is 2. The van der Waals surface area contributed by atoms with Crippen LogP contribution in [0.1, 0.15) is 53.2 Å². The highest BCUT2D eigenvalue weighted by Gasteiger charge is 2.21. The number of rotatable bonds is 7. The summed E-state index contributed by atoms with van der Waals surface area (Å²) in [6.07, 6.45) is 4.65. The van der Waals surface area contributed by atoms with Gasteiger partial charge in [-0.3, -0.25) is 4.79 Å². The number of anilines is 2. The molecule has 3 aromatic heterocycles. The number of halogens is 2. The SMILES string of the molecule is CC(NC(=O)c1nc(C#N)cnc1NC(C)c1ccc(-c2cn(C)c3ncnc(N)c23)cc1)c1ccc(F)c(F)c1. The summed E-state index contributed by atoms with van der Waals surface area (Å²) in [7, 11) is 1.89. The van der Waals surface area contributed by atoms with Crippen LogP contribution in [0, 0.1) is 23.0 Å². The van der Waals surface area contributed by atoms with Gasteiger partial charge in [-0.25, -0.2) is 28.7 Å². The van der Waals surface area contributed by atoms with Gasteiger partial charge in [-0.05, 0) is 42.7 Å². The first-order valence-corrected chi connectivity index (χ1v) is 12.6. The third-order valence-electron chi connectivity index (χ3n) is 6.75. The molecule has 41 heavy (non-hydrogen) atoms. The van der Waals surface area contributed by atoms with Gasteiger partial charge in [-0.1, -0.05) is 30.3 Å². The molecule has 2 unspecified atom stereocenters. The van der Waals surface area contributed by atoms with E-state index in [0.717, 1.165) is 39.9 Å². The maximum absolute atomic E-state index is 13.7. The van der Waals surface area contributed by atoms with Crippen LogP contribution in [0.5, 0.6) is 0 Å². The van der Waals surface area contributed by atoms with Crippen LogP contribution in [0.3, 0.4) is 0 Å². The maximum atomic E-state index is 13.7. The van der Waals surface area contributed by atoms with Gasteiger partial charge in [0.2, 0.25) is 0 Å². The molecule has 12 heteroatoms. The molecule has 0 aliphatic carbocycles. The van der Waals surface area contributed by atoms with E-state index in [1.807, 2.05) is 55.1 Å². The van der Waals surface area contributed by atoms with Crippen molar-refractivity contribution in [2.75, 3.05) is 11.1 Å². The van der Waals surface area contributed by atoms with Crippen molar-refractivity contribution in [2.24, 2.45) is 7.05 Å². The third kappa shape index (κ3) is 5.38. The van der Waals surface area contributed by atoms with Gasteiger partial charge in [0, 0.05) is 18.8 Å². The first-order valence-electron chi connectivity index (χ1n) is 12.6. The number of nitriles is 1. The molecule has 1 amide bonds. The van der Waals surface area contributed by atoms with Crippen LogP contribution in [0.2, 0.25) is 0 Å². The molecule has 0 spiro atoms. The Hall–Kier alpha value is -5.44. The Morgan fingerprint density at radius 1 is 1.02 bits per heavy atom. The van der Waals surface area contributed by atoms with Gasteiger partial charge >= 0.3 is 0 Å². The second-order valence-corrected chi connectivity index (χ2v) is 9.53. The molecule has 2 atom stereocenters. The molecule has 10 nitrogen and oxygen atoms in total. The highest BCUT2D eigenvalue weighted by Crippen LogP contribution is 2.33. The molecule has 0 fully saturated rings. The topological polar surface area (TPSA) is 147 Å². The Morgan fingerprint density at radius 3 is 2.46 bits per heavy atom.